The number of carboxylic acids is 1. The molecule has 0 bridgehead atoms. The van der Waals surface area contributed by atoms with Crippen LogP contribution in [-0.4, -0.2) is 60.7 Å². The number of ether oxygens (including phenoxy) is 1. The number of piperazine rings is 1. The largest absolute Gasteiger partial charge is 0.572 e. The van der Waals surface area contributed by atoms with Gasteiger partial charge in [-0.1, -0.05) is 12.0 Å². The molecule has 1 atom stereocenters. The molecule has 1 aliphatic heterocycles. The Bertz CT molecular complexity index is 1100. The first-order valence-corrected chi connectivity index (χ1v) is 11.4. The molecule has 7 nitrogen and oxygen atoms in total. The standard InChI is InChI=1S/C22H25F3N2O5S/c1-5-19(8-7-17(4)32-22(23,24)25)27-11-10-26(14-16(27)3)33(30,31)20-9-6-15(2)18(12-20)13-21(28)29/h1,6-9,12,16H,10-11,13-14H2,2-4H3,(H,28,29)/b17-7+,19-8+/t16-/m0/s1. The minimum Gasteiger partial charge on any atom is -0.481 e. The number of alkyl halides is 3. The van der Waals surface area contributed by atoms with Crippen LogP contribution in [0.4, 0.5) is 13.2 Å². The Kier molecular flexibility index (Phi) is 8.21. The molecule has 1 saturated heterocycles. The number of hydrogen-bond donors (Lipinski definition) is 1. The Hall–Kier alpha value is -2.97. The number of nitrogens with zero attached hydrogens (tertiary/aromatic N) is 2. The summed E-state index contributed by atoms with van der Waals surface area (Å²) in [5, 5.41) is 9.05. The third-order valence-corrected chi connectivity index (χ3v) is 6.96. The summed E-state index contributed by atoms with van der Waals surface area (Å²) in [6.07, 6.45) is 2.86. The van der Waals surface area contributed by atoms with Crippen molar-refractivity contribution >= 4 is 16.0 Å². The van der Waals surface area contributed by atoms with E-state index in [1.165, 1.54) is 22.5 Å². The molecule has 0 aliphatic carbocycles. The molecule has 1 fully saturated rings. The molecule has 2 rings (SSSR count). The Morgan fingerprint density at radius 1 is 1.33 bits per heavy atom. The van der Waals surface area contributed by atoms with Crippen LogP contribution < -0.4 is 0 Å². The minimum atomic E-state index is -4.81. The normalized spacial score (nSPS) is 18.7. The Labute approximate surface area is 191 Å². The van der Waals surface area contributed by atoms with Crippen molar-refractivity contribution in [2.45, 2.75) is 44.5 Å². The first-order valence-electron chi connectivity index (χ1n) is 9.93. The number of aryl methyl sites for hydroxylation is 1. The Morgan fingerprint density at radius 3 is 2.55 bits per heavy atom. The summed E-state index contributed by atoms with van der Waals surface area (Å²) in [7, 11) is -3.89. The molecule has 0 saturated carbocycles. The van der Waals surface area contributed by atoms with E-state index in [1.807, 2.05) is 0 Å². The van der Waals surface area contributed by atoms with Crippen molar-refractivity contribution < 1.29 is 36.2 Å². The number of sulfonamides is 1. The second-order valence-corrected chi connectivity index (χ2v) is 9.52. The van der Waals surface area contributed by atoms with Gasteiger partial charge in [0.2, 0.25) is 10.0 Å². The van der Waals surface area contributed by atoms with Gasteiger partial charge in [-0.05, 0) is 56.2 Å². The van der Waals surface area contributed by atoms with Crippen molar-refractivity contribution in [1.82, 2.24) is 9.21 Å². The molecule has 33 heavy (non-hydrogen) atoms. The van der Waals surface area contributed by atoms with E-state index in [2.05, 4.69) is 10.7 Å². The van der Waals surface area contributed by atoms with Crippen LogP contribution in [0.25, 0.3) is 0 Å². The number of halogens is 3. The minimum absolute atomic E-state index is 0.000531. The second kappa shape index (κ2) is 10.3. The van der Waals surface area contributed by atoms with Crippen molar-refractivity contribution in [1.29, 1.82) is 0 Å². The first-order chi connectivity index (χ1) is 15.2. The number of rotatable bonds is 7. The van der Waals surface area contributed by atoms with E-state index in [4.69, 9.17) is 11.5 Å². The number of aliphatic carboxylic acids is 1. The summed E-state index contributed by atoms with van der Waals surface area (Å²) in [5.74, 6) is 0.970. The third kappa shape index (κ3) is 7.00. The highest BCUT2D eigenvalue weighted by Crippen LogP contribution is 2.25. The van der Waals surface area contributed by atoms with Crippen molar-refractivity contribution in [2.75, 3.05) is 19.6 Å². The fourth-order valence-corrected chi connectivity index (χ4v) is 5.01. The van der Waals surface area contributed by atoms with E-state index >= 15 is 0 Å². The fraction of sp³-hybridized carbons (Fsp3) is 0.409. The summed E-state index contributed by atoms with van der Waals surface area (Å²) >= 11 is 0. The Balaban J connectivity index is 2.20. The lowest BCUT2D eigenvalue weighted by atomic mass is 10.1. The van der Waals surface area contributed by atoms with Gasteiger partial charge >= 0.3 is 12.3 Å². The summed E-state index contributed by atoms with van der Waals surface area (Å²) in [5.41, 5.74) is 1.39. The molecule has 1 aromatic carbocycles. The molecular weight excluding hydrogens is 461 g/mol. The molecule has 0 aromatic heterocycles. The number of hydrogen-bond acceptors (Lipinski definition) is 5. The van der Waals surface area contributed by atoms with Gasteiger partial charge in [-0.15, -0.1) is 19.6 Å². The topological polar surface area (TPSA) is 87.2 Å². The zero-order valence-electron chi connectivity index (χ0n) is 18.4. The first kappa shape index (κ1) is 26.3. The Morgan fingerprint density at radius 2 is 2.00 bits per heavy atom. The fourth-order valence-electron chi connectivity index (χ4n) is 3.45. The lowest BCUT2D eigenvalue weighted by Crippen LogP contribution is -2.52. The highest BCUT2D eigenvalue weighted by Gasteiger charge is 2.33. The average molecular weight is 487 g/mol. The van der Waals surface area contributed by atoms with Crippen LogP contribution in [0, 0.1) is 19.3 Å². The molecule has 1 aliphatic rings. The molecule has 1 heterocycles. The van der Waals surface area contributed by atoms with Crippen LogP contribution in [0.15, 0.2) is 46.7 Å². The monoisotopic (exact) mass is 486 g/mol. The van der Waals surface area contributed by atoms with Gasteiger partial charge in [0.05, 0.1) is 17.0 Å². The second-order valence-electron chi connectivity index (χ2n) is 7.59. The molecule has 1 N–H and O–H groups in total. The summed E-state index contributed by atoms with van der Waals surface area (Å²) in [6, 6.07) is 4.02. The van der Waals surface area contributed by atoms with Gasteiger partial charge in [-0.25, -0.2) is 8.42 Å². The van der Waals surface area contributed by atoms with Crippen molar-refractivity contribution in [2.24, 2.45) is 0 Å². The predicted molar refractivity (Wildman–Crippen MR) is 115 cm³/mol. The smallest absolute Gasteiger partial charge is 0.481 e. The highest BCUT2D eigenvalue weighted by atomic mass is 32.2. The van der Waals surface area contributed by atoms with E-state index in [-0.39, 0.29) is 42.8 Å². The molecule has 0 radical (unpaired) electrons. The van der Waals surface area contributed by atoms with E-state index in [9.17, 15) is 26.4 Å². The molecule has 1 aromatic rings. The SMILES string of the molecule is C#C/C(=C\C=C(/C)OC(F)(F)F)N1CCN(S(=O)(=O)c2ccc(C)c(CC(=O)O)c2)C[C@@H]1C. The van der Waals surface area contributed by atoms with Gasteiger partial charge in [0.1, 0.15) is 5.76 Å². The van der Waals surface area contributed by atoms with Crippen LogP contribution >= 0.6 is 0 Å². The van der Waals surface area contributed by atoms with Crippen molar-refractivity contribution in [3.8, 4) is 12.3 Å². The van der Waals surface area contributed by atoms with Crippen molar-refractivity contribution in [3.05, 3.63) is 52.9 Å². The van der Waals surface area contributed by atoms with Gasteiger partial charge in [-0.3, -0.25) is 4.79 Å². The number of terminal acetylenes is 1. The van der Waals surface area contributed by atoms with E-state index in [0.29, 0.717) is 16.8 Å². The summed E-state index contributed by atoms with van der Waals surface area (Å²) in [6.45, 7) is 5.00. The maximum atomic E-state index is 13.1. The molecule has 0 amide bonds. The number of carboxylic acid groups (broad SMARTS) is 1. The number of benzene rings is 1. The van der Waals surface area contributed by atoms with Crippen LogP contribution in [0.3, 0.4) is 0 Å². The zero-order chi connectivity index (χ0) is 25.0. The quantitative estimate of drug-likeness (QED) is 0.362. The van der Waals surface area contributed by atoms with E-state index in [1.54, 1.807) is 24.8 Å². The van der Waals surface area contributed by atoms with Gasteiger partial charge in [-0.2, -0.15) is 4.31 Å². The van der Waals surface area contributed by atoms with E-state index < -0.39 is 22.4 Å². The lowest BCUT2D eigenvalue weighted by molar-refractivity contribution is -0.305. The molecule has 180 valence electrons. The van der Waals surface area contributed by atoms with Crippen LogP contribution in [0.1, 0.15) is 25.0 Å². The van der Waals surface area contributed by atoms with Gasteiger partial charge in [0.15, 0.2) is 0 Å². The van der Waals surface area contributed by atoms with Crippen LogP contribution in [-0.2, 0) is 26.0 Å². The average Bonchev–Trinajstić information content (AvgIpc) is 2.69. The summed E-state index contributed by atoms with van der Waals surface area (Å²) < 4.78 is 68.3. The van der Waals surface area contributed by atoms with Crippen molar-refractivity contribution in [3.63, 3.8) is 0 Å². The van der Waals surface area contributed by atoms with Crippen LogP contribution in [0.5, 0.6) is 0 Å². The third-order valence-electron chi connectivity index (χ3n) is 5.10. The number of carbonyl (C=O) groups is 1. The molecule has 11 heteroatoms. The predicted octanol–water partition coefficient (Wildman–Crippen LogP) is 3.27. The van der Waals surface area contributed by atoms with Gasteiger partial charge in [0.25, 0.3) is 0 Å². The van der Waals surface area contributed by atoms with Gasteiger partial charge in [0, 0.05) is 25.7 Å². The maximum Gasteiger partial charge on any atom is 0.572 e. The number of allylic oxidation sites excluding steroid dienone is 4. The zero-order valence-corrected chi connectivity index (χ0v) is 19.2. The van der Waals surface area contributed by atoms with Gasteiger partial charge < -0.3 is 14.7 Å². The summed E-state index contributed by atoms with van der Waals surface area (Å²) in [4.78, 5) is 12.8. The lowest BCUT2D eigenvalue weighted by Gasteiger charge is -2.40. The highest BCUT2D eigenvalue weighted by molar-refractivity contribution is 7.89. The molecule has 0 spiro atoms. The maximum absolute atomic E-state index is 13.1. The van der Waals surface area contributed by atoms with Crippen LogP contribution in [0.2, 0.25) is 0 Å². The van der Waals surface area contributed by atoms with E-state index in [0.717, 1.165) is 13.0 Å². The molecule has 0 unspecified atom stereocenters. The molecular formula is C22H25F3N2O5S.